The Bertz CT molecular complexity index is 1560. The lowest BCUT2D eigenvalue weighted by atomic mass is 10.1. The van der Waals surface area contributed by atoms with Crippen LogP contribution in [0, 0.1) is 5.92 Å². The summed E-state index contributed by atoms with van der Waals surface area (Å²) in [5.74, 6) is -4.66. The predicted molar refractivity (Wildman–Crippen MR) is 156 cm³/mol. The molecule has 1 aromatic carbocycles. The number of aromatic amines is 1. The number of H-pyrrole nitrogens is 1. The lowest BCUT2D eigenvalue weighted by Crippen LogP contribution is -2.41. The zero-order valence-corrected chi connectivity index (χ0v) is 24.9. The molecule has 0 unspecified atom stereocenters. The Kier molecular flexibility index (Phi) is 11.6. The third kappa shape index (κ3) is 10.00. The summed E-state index contributed by atoms with van der Waals surface area (Å²) in [6, 6.07) is 4.78. The number of aromatic nitrogens is 4. The van der Waals surface area contributed by atoms with Crippen LogP contribution in [0.1, 0.15) is 43.7 Å². The van der Waals surface area contributed by atoms with Gasteiger partial charge in [-0.15, -0.1) is 0 Å². The fourth-order valence-electron chi connectivity index (χ4n) is 3.65. The molecule has 244 valence electrons. The van der Waals surface area contributed by atoms with Crippen LogP contribution in [0.3, 0.4) is 0 Å². The second-order valence-electron chi connectivity index (χ2n) is 10.3. The number of nitrogens with zero attached hydrogens (tertiary/aromatic N) is 4. The molecule has 0 aliphatic carbocycles. The van der Waals surface area contributed by atoms with Crippen LogP contribution in [-0.4, -0.2) is 75.9 Å². The molecule has 3 aromatic rings. The second kappa shape index (κ2) is 15.0. The normalized spacial score (nSPS) is 11.9. The Morgan fingerprint density at radius 1 is 1.07 bits per heavy atom. The van der Waals surface area contributed by atoms with Crippen molar-refractivity contribution in [3.8, 4) is 0 Å². The number of hydrogen-bond acceptors (Lipinski definition) is 11. The summed E-state index contributed by atoms with van der Waals surface area (Å²) in [6.07, 6.45) is -4.19. The number of nitrogens with one attached hydrogen (secondary N) is 4. The number of ether oxygens (including phenoxy) is 2. The first-order valence-electron chi connectivity index (χ1n) is 13.7. The van der Waals surface area contributed by atoms with Crippen LogP contribution in [-0.2, 0) is 25.6 Å². The van der Waals surface area contributed by atoms with E-state index in [1.807, 2.05) is 0 Å². The smallest absolute Gasteiger partial charge is 0.349 e. The minimum atomic E-state index is -5.25. The van der Waals surface area contributed by atoms with Crippen LogP contribution >= 0.6 is 0 Å². The van der Waals surface area contributed by atoms with Gasteiger partial charge in [0.2, 0.25) is 11.9 Å². The molecule has 45 heavy (non-hydrogen) atoms. The van der Waals surface area contributed by atoms with Crippen molar-refractivity contribution in [2.24, 2.45) is 11.7 Å². The highest BCUT2D eigenvalue weighted by Crippen LogP contribution is 2.26. The van der Waals surface area contributed by atoms with Crippen molar-refractivity contribution in [3.63, 3.8) is 0 Å². The number of nitrogens with two attached hydrogens (primary N) is 1. The Morgan fingerprint density at radius 3 is 2.36 bits per heavy atom. The number of anilines is 2. The van der Waals surface area contributed by atoms with Gasteiger partial charge in [-0.05, 0) is 38.1 Å². The Balaban J connectivity index is 1.72. The highest BCUT2D eigenvalue weighted by atomic mass is 19.4. The van der Waals surface area contributed by atoms with Gasteiger partial charge in [-0.3, -0.25) is 39.8 Å². The number of carbonyl (C=O) groups excluding carboxylic acids is 3. The number of hydrogen-bond donors (Lipinski definition) is 5. The van der Waals surface area contributed by atoms with Crippen molar-refractivity contribution in [2.45, 2.75) is 46.2 Å². The van der Waals surface area contributed by atoms with Gasteiger partial charge in [0.25, 0.3) is 11.5 Å². The van der Waals surface area contributed by atoms with E-state index in [1.54, 1.807) is 27.7 Å². The van der Waals surface area contributed by atoms with E-state index in [2.05, 4.69) is 36.1 Å². The van der Waals surface area contributed by atoms with Gasteiger partial charge < -0.3 is 15.2 Å². The van der Waals surface area contributed by atoms with Crippen LogP contribution in [0.25, 0.3) is 11.2 Å². The van der Waals surface area contributed by atoms with E-state index < -0.39 is 47.7 Å². The molecule has 3 amide bonds. The molecule has 2 heterocycles. The Labute approximate surface area is 255 Å². The number of carbonyl (C=O) groups is 3. The van der Waals surface area contributed by atoms with Gasteiger partial charge in [-0.2, -0.15) is 18.2 Å². The highest BCUT2D eigenvalue weighted by molar-refractivity contribution is 5.98. The lowest BCUT2D eigenvalue weighted by Gasteiger charge is -2.25. The van der Waals surface area contributed by atoms with E-state index in [9.17, 15) is 32.3 Å². The zero-order chi connectivity index (χ0) is 33.4. The fraction of sp³-hybridized carbons (Fsp3) is 0.444. The van der Waals surface area contributed by atoms with E-state index in [1.165, 1.54) is 12.1 Å². The summed E-state index contributed by atoms with van der Waals surface area (Å²) >= 11 is 0. The second-order valence-corrected chi connectivity index (χ2v) is 10.3. The Morgan fingerprint density at radius 2 is 1.73 bits per heavy atom. The fourth-order valence-corrected chi connectivity index (χ4v) is 3.65. The minimum Gasteiger partial charge on any atom is -0.349 e. The molecular formula is C27H34F3N9O6. The highest BCUT2D eigenvalue weighted by Gasteiger charge is 2.43. The maximum atomic E-state index is 13.5. The summed E-state index contributed by atoms with van der Waals surface area (Å²) in [7, 11) is 0. The quantitative estimate of drug-likeness (QED) is 0.0969. The van der Waals surface area contributed by atoms with Crippen molar-refractivity contribution in [2.75, 3.05) is 36.5 Å². The summed E-state index contributed by atoms with van der Waals surface area (Å²) in [4.78, 5) is 64.1. The summed E-state index contributed by atoms with van der Waals surface area (Å²) in [5.41, 5.74) is 8.95. The monoisotopic (exact) mass is 637 g/mol. The van der Waals surface area contributed by atoms with E-state index in [-0.39, 0.29) is 47.2 Å². The number of amides is 3. The molecule has 0 aliphatic rings. The van der Waals surface area contributed by atoms with E-state index in [0.29, 0.717) is 18.1 Å². The molecule has 0 spiro atoms. The molecule has 15 nitrogen and oxygen atoms in total. The van der Waals surface area contributed by atoms with Crippen LogP contribution in [0.2, 0.25) is 0 Å². The maximum absolute atomic E-state index is 13.5. The Hall–Kier alpha value is -4.52. The summed E-state index contributed by atoms with van der Waals surface area (Å²) in [6.45, 7) is 7.02. The van der Waals surface area contributed by atoms with Crippen molar-refractivity contribution in [1.29, 1.82) is 0 Å². The molecule has 0 atom stereocenters. The molecule has 2 aromatic heterocycles. The standard InChI is InChI=1S/C27H34F3N9O6/c1-15(2)21(40)36-25-35-20-19(23(42)37-25)34-17(13-32-20)14-39(24(43)27(28,29)30)18-7-5-16(6-8-18)22(41)38-33-10-12-45-26(3,4)44-11-9-31/h5-8,13,15,33H,9-12,14,31H2,1-4H3,(H,38,41)(H2,32,35,36,37,40,42). The molecule has 0 aliphatic heterocycles. The predicted octanol–water partition coefficient (Wildman–Crippen LogP) is 1.37. The molecule has 0 radical (unpaired) electrons. The SMILES string of the molecule is CC(C)C(=O)Nc1nc2ncc(CN(C(=O)C(F)(F)F)c3ccc(C(=O)NNCCOC(C)(C)OCCN)cc3)nc2c(=O)[nH]1. The number of fused-ring (bicyclic) bond motifs is 1. The first-order valence-corrected chi connectivity index (χ1v) is 13.7. The molecule has 18 heteroatoms. The summed E-state index contributed by atoms with van der Waals surface area (Å²) < 4.78 is 51.6. The molecule has 0 fully saturated rings. The van der Waals surface area contributed by atoms with Gasteiger partial charge in [0.15, 0.2) is 17.0 Å². The number of rotatable bonds is 14. The zero-order valence-electron chi connectivity index (χ0n) is 24.9. The van der Waals surface area contributed by atoms with Crippen LogP contribution in [0.4, 0.5) is 24.8 Å². The summed E-state index contributed by atoms with van der Waals surface area (Å²) in [5, 5.41) is 2.42. The van der Waals surface area contributed by atoms with Gasteiger partial charge >= 0.3 is 12.1 Å². The molecule has 0 saturated heterocycles. The third-order valence-corrected chi connectivity index (χ3v) is 5.93. The van der Waals surface area contributed by atoms with Crippen LogP contribution in [0.5, 0.6) is 0 Å². The van der Waals surface area contributed by atoms with Crippen LogP contribution in [0.15, 0.2) is 35.3 Å². The maximum Gasteiger partial charge on any atom is 0.471 e. The molecule has 6 N–H and O–H groups in total. The van der Waals surface area contributed by atoms with Crippen molar-refractivity contribution < 1.29 is 37.0 Å². The van der Waals surface area contributed by atoms with E-state index >= 15 is 0 Å². The van der Waals surface area contributed by atoms with E-state index in [0.717, 1.165) is 18.3 Å². The van der Waals surface area contributed by atoms with Crippen molar-refractivity contribution >= 4 is 40.5 Å². The molecule has 0 bridgehead atoms. The largest absolute Gasteiger partial charge is 0.471 e. The molecule has 0 saturated carbocycles. The van der Waals surface area contributed by atoms with Gasteiger partial charge in [0.1, 0.15) is 0 Å². The molecule has 3 rings (SSSR count). The van der Waals surface area contributed by atoms with Crippen molar-refractivity contribution in [3.05, 3.63) is 52.1 Å². The number of benzene rings is 1. The number of hydrazine groups is 1. The third-order valence-electron chi connectivity index (χ3n) is 5.93. The average molecular weight is 638 g/mol. The van der Waals surface area contributed by atoms with E-state index in [4.69, 9.17) is 15.2 Å². The number of alkyl halides is 3. The lowest BCUT2D eigenvalue weighted by molar-refractivity contribution is -0.210. The first-order chi connectivity index (χ1) is 21.1. The van der Waals surface area contributed by atoms with Crippen molar-refractivity contribution in [1.82, 2.24) is 30.8 Å². The average Bonchev–Trinajstić information content (AvgIpc) is 2.98. The number of halogens is 3. The van der Waals surface area contributed by atoms with Gasteiger partial charge in [0.05, 0.1) is 31.6 Å². The minimum absolute atomic E-state index is 0.0849. The topological polar surface area (TPSA) is 207 Å². The van der Waals surface area contributed by atoms with Gasteiger partial charge in [0, 0.05) is 30.3 Å². The first kappa shape index (κ1) is 35.0. The van der Waals surface area contributed by atoms with Crippen LogP contribution < -0.4 is 32.4 Å². The molecular weight excluding hydrogens is 603 g/mol. The van der Waals surface area contributed by atoms with Gasteiger partial charge in [-0.1, -0.05) is 13.8 Å². The van der Waals surface area contributed by atoms with Gasteiger partial charge in [-0.25, -0.2) is 15.4 Å².